The van der Waals surface area contributed by atoms with Crippen LogP contribution >= 0.6 is 0 Å². The summed E-state index contributed by atoms with van der Waals surface area (Å²) in [5.74, 6) is -0.671. The summed E-state index contributed by atoms with van der Waals surface area (Å²) in [5, 5.41) is 0. The van der Waals surface area contributed by atoms with Crippen molar-refractivity contribution in [3.05, 3.63) is 24.3 Å². The smallest absolute Gasteiger partial charge is 0.463 e. The minimum absolute atomic E-state index is 0.296. The molecule has 0 N–H and O–H groups in total. The molecule has 0 aliphatic rings. The minimum Gasteiger partial charge on any atom is -0.463 e. The lowest BCUT2D eigenvalue weighted by molar-refractivity contribution is -0.139. The van der Waals surface area contributed by atoms with Crippen LogP contribution in [0.4, 0.5) is 0 Å². The van der Waals surface area contributed by atoms with Crippen LogP contribution in [0, 0.1) is 0 Å². The molecule has 0 saturated heterocycles. The van der Waals surface area contributed by atoms with E-state index in [1.54, 1.807) is 55.5 Å². The standard InChI is InChI=1S/C10H20O5Si.C10H20O4Si/c1-9(2)10(11)15-7-6-8-16(12-3,13-4)14-5;1-5-7-10(11)14-8-6-9-15(4,12-2)13-3/h1,6-8H2,2-5H3;5,7H,6,8-9H2,1-4H3. The lowest BCUT2D eigenvalue weighted by Crippen LogP contribution is -2.42. The molecule has 0 aromatic carbocycles. The first kappa shape index (κ1) is 31.8. The molecule has 0 radical (unpaired) electrons. The molecule has 0 heterocycles. The SMILES string of the molecule is C=C(C)C(=O)OCCC[Si](OC)(OC)OC.CC=CC(=O)OCCC[Si](C)(OC)OC. The van der Waals surface area contributed by atoms with Crippen LogP contribution in [0.25, 0.3) is 0 Å². The highest BCUT2D eigenvalue weighted by Gasteiger charge is 2.37. The summed E-state index contributed by atoms with van der Waals surface area (Å²) in [6.45, 7) is 9.60. The molecule has 0 unspecified atom stereocenters. The number of allylic oxidation sites excluding steroid dienone is 1. The molecule has 31 heavy (non-hydrogen) atoms. The van der Waals surface area contributed by atoms with Crippen LogP contribution in [0.15, 0.2) is 24.3 Å². The van der Waals surface area contributed by atoms with Crippen LogP contribution in [0.1, 0.15) is 26.7 Å². The van der Waals surface area contributed by atoms with Gasteiger partial charge < -0.3 is 31.6 Å². The maximum absolute atomic E-state index is 11.1. The van der Waals surface area contributed by atoms with E-state index < -0.39 is 17.4 Å². The molecule has 0 aromatic rings. The summed E-state index contributed by atoms with van der Waals surface area (Å²) in [6.07, 6.45) is 4.48. The van der Waals surface area contributed by atoms with E-state index >= 15 is 0 Å². The number of carbonyl (C=O) groups is 2. The average molecular weight is 481 g/mol. The van der Waals surface area contributed by atoms with E-state index in [9.17, 15) is 9.59 Å². The summed E-state index contributed by atoms with van der Waals surface area (Å²) in [5.41, 5.74) is 0.397. The fraction of sp³-hybridized carbons (Fsp3) is 0.700. The maximum atomic E-state index is 11.1. The van der Waals surface area contributed by atoms with E-state index in [0.29, 0.717) is 31.3 Å². The summed E-state index contributed by atoms with van der Waals surface area (Å²) < 4.78 is 36.2. The van der Waals surface area contributed by atoms with E-state index in [0.717, 1.165) is 12.5 Å². The highest BCUT2D eigenvalue weighted by Crippen LogP contribution is 2.15. The van der Waals surface area contributed by atoms with Gasteiger partial charge in [0, 0.05) is 53.2 Å². The molecule has 182 valence electrons. The highest BCUT2D eigenvalue weighted by molar-refractivity contribution is 6.65. The van der Waals surface area contributed by atoms with Gasteiger partial charge in [0.2, 0.25) is 0 Å². The number of rotatable bonds is 15. The van der Waals surface area contributed by atoms with Crippen molar-refractivity contribution in [3.8, 4) is 0 Å². The topological polar surface area (TPSA) is 98.8 Å². The van der Waals surface area contributed by atoms with E-state index in [1.165, 1.54) is 6.08 Å². The Labute approximate surface area is 189 Å². The second-order valence-corrected chi connectivity index (χ2v) is 13.3. The zero-order valence-corrected chi connectivity index (χ0v) is 22.3. The molecular weight excluding hydrogens is 440 g/mol. The van der Waals surface area contributed by atoms with Crippen LogP contribution in [-0.2, 0) is 41.2 Å². The quantitative estimate of drug-likeness (QED) is 0.151. The molecule has 0 aliphatic heterocycles. The largest absolute Gasteiger partial charge is 0.500 e. The maximum Gasteiger partial charge on any atom is 0.500 e. The van der Waals surface area contributed by atoms with Crippen LogP contribution in [0.2, 0.25) is 18.6 Å². The molecule has 0 atom stereocenters. The first-order valence-corrected chi connectivity index (χ1v) is 14.4. The Morgan fingerprint density at radius 2 is 1.32 bits per heavy atom. The Bertz CT molecular complexity index is 537. The van der Waals surface area contributed by atoms with Crippen molar-refractivity contribution < 1.29 is 41.2 Å². The van der Waals surface area contributed by atoms with E-state index in [2.05, 4.69) is 6.58 Å². The number of hydrogen-bond donors (Lipinski definition) is 0. The van der Waals surface area contributed by atoms with Crippen molar-refractivity contribution in [2.75, 3.05) is 48.8 Å². The van der Waals surface area contributed by atoms with Crippen molar-refractivity contribution in [1.82, 2.24) is 0 Å². The number of esters is 2. The molecule has 0 aliphatic carbocycles. The van der Waals surface area contributed by atoms with Crippen molar-refractivity contribution in [3.63, 3.8) is 0 Å². The monoisotopic (exact) mass is 480 g/mol. The number of ether oxygens (including phenoxy) is 2. The van der Waals surface area contributed by atoms with Crippen LogP contribution in [0.5, 0.6) is 0 Å². The molecule has 0 bridgehead atoms. The molecule has 9 nitrogen and oxygen atoms in total. The van der Waals surface area contributed by atoms with Gasteiger partial charge in [-0.15, -0.1) is 0 Å². The third-order valence-corrected chi connectivity index (χ3v) is 10.1. The summed E-state index contributed by atoms with van der Waals surface area (Å²) in [4.78, 5) is 22.0. The fourth-order valence-electron chi connectivity index (χ4n) is 2.17. The van der Waals surface area contributed by atoms with Gasteiger partial charge >= 0.3 is 29.3 Å². The second kappa shape index (κ2) is 18.2. The molecule has 11 heteroatoms. The Hall–Kier alpha value is -1.35. The highest BCUT2D eigenvalue weighted by atomic mass is 28.4. The summed E-state index contributed by atoms with van der Waals surface area (Å²) in [6, 6.07) is 1.43. The lowest BCUT2D eigenvalue weighted by atomic mass is 10.4. The van der Waals surface area contributed by atoms with Crippen LogP contribution in [0.3, 0.4) is 0 Å². The Balaban J connectivity index is 0. The first-order valence-electron chi connectivity index (χ1n) is 9.97. The normalized spacial score (nSPS) is 11.6. The van der Waals surface area contributed by atoms with Gasteiger partial charge in [0.05, 0.1) is 13.2 Å². The van der Waals surface area contributed by atoms with Gasteiger partial charge in [-0.3, -0.25) is 0 Å². The molecule has 0 spiro atoms. The average Bonchev–Trinajstić information content (AvgIpc) is 2.77. The molecular formula is C20H40O9Si2. The predicted molar refractivity (Wildman–Crippen MR) is 123 cm³/mol. The van der Waals surface area contributed by atoms with Crippen molar-refractivity contribution in [2.24, 2.45) is 0 Å². The molecule has 0 saturated carbocycles. The van der Waals surface area contributed by atoms with Crippen LogP contribution < -0.4 is 0 Å². The summed E-state index contributed by atoms with van der Waals surface area (Å²) in [7, 11) is 3.45. The van der Waals surface area contributed by atoms with E-state index in [4.69, 9.17) is 31.6 Å². The summed E-state index contributed by atoms with van der Waals surface area (Å²) >= 11 is 0. The van der Waals surface area contributed by atoms with Gasteiger partial charge in [-0.1, -0.05) is 12.7 Å². The predicted octanol–water partition coefficient (Wildman–Crippen LogP) is 3.23. The third-order valence-electron chi connectivity index (χ3n) is 4.33. The van der Waals surface area contributed by atoms with Gasteiger partial charge in [-0.25, -0.2) is 9.59 Å². The van der Waals surface area contributed by atoms with E-state index in [-0.39, 0.29) is 11.9 Å². The van der Waals surface area contributed by atoms with Gasteiger partial charge in [-0.2, -0.15) is 0 Å². The Kier molecular flexibility index (Phi) is 18.7. The fourth-order valence-corrected chi connectivity index (χ4v) is 5.22. The van der Waals surface area contributed by atoms with Gasteiger partial charge in [0.1, 0.15) is 0 Å². The molecule has 0 rings (SSSR count). The van der Waals surface area contributed by atoms with Crippen molar-refractivity contribution in [2.45, 2.75) is 45.3 Å². The minimum atomic E-state index is -2.53. The number of hydrogen-bond acceptors (Lipinski definition) is 9. The molecule has 0 amide bonds. The number of carbonyl (C=O) groups excluding carboxylic acids is 2. The molecule has 0 aromatic heterocycles. The third kappa shape index (κ3) is 15.2. The van der Waals surface area contributed by atoms with Crippen molar-refractivity contribution in [1.29, 1.82) is 0 Å². The van der Waals surface area contributed by atoms with Crippen LogP contribution in [-0.4, -0.2) is 78.1 Å². The van der Waals surface area contributed by atoms with Gasteiger partial charge in [0.15, 0.2) is 0 Å². The zero-order chi connectivity index (χ0) is 24.3. The van der Waals surface area contributed by atoms with Crippen molar-refractivity contribution >= 4 is 29.3 Å². The Morgan fingerprint density at radius 3 is 1.74 bits per heavy atom. The molecule has 0 fully saturated rings. The zero-order valence-electron chi connectivity index (χ0n) is 20.3. The second-order valence-electron chi connectivity index (χ2n) is 6.63. The lowest BCUT2D eigenvalue weighted by Gasteiger charge is -2.24. The Morgan fingerprint density at radius 1 is 0.839 bits per heavy atom. The van der Waals surface area contributed by atoms with Gasteiger partial charge in [-0.05, 0) is 39.3 Å². The van der Waals surface area contributed by atoms with E-state index in [1.807, 2.05) is 6.55 Å². The van der Waals surface area contributed by atoms with Gasteiger partial charge in [0.25, 0.3) is 0 Å². The first-order chi connectivity index (χ1) is 14.6.